The second-order valence-corrected chi connectivity index (χ2v) is 6.69. The summed E-state index contributed by atoms with van der Waals surface area (Å²) in [6.07, 6.45) is -0.792. The third-order valence-electron chi connectivity index (χ3n) is 4.69. The lowest BCUT2D eigenvalue weighted by molar-refractivity contribution is -0.138. The average Bonchev–Trinajstić information content (AvgIpc) is 2.68. The molecule has 1 aliphatic heterocycles. The van der Waals surface area contributed by atoms with Gasteiger partial charge in [0.25, 0.3) is 0 Å². The van der Waals surface area contributed by atoms with E-state index in [0.29, 0.717) is 38.0 Å². The summed E-state index contributed by atoms with van der Waals surface area (Å²) >= 11 is 0. The number of hydrogen-bond acceptors (Lipinski definition) is 3. The number of allylic oxidation sites excluding steroid dienone is 1. The molecule has 1 fully saturated rings. The van der Waals surface area contributed by atoms with Crippen molar-refractivity contribution in [2.24, 2.45) is 4.99 Å². The van der Waals surface area contributed by atoms with Gasteiger partial charge in [-0.1, -0.05) is 12.1 Å². The second-order valence-electron chi connectivity index (χ2n) is 6.69. The Bertz CT molecular complexity index is 670. The first-order valence-electron chi connectivity index (χ1n) is 9.42. The van der Waals surface area contributed by atoms with Crippen molar-refractivity contribution in [1.82, 2.24) is 10.2 Å². The molecule has 0 radical (unpaired) electrons. The molecule has 0 spiro atoms. The van der Waals surface area contributed by atoms with Crippen molar-refractivity contribution < 1.29 is 17.9 Å². The number of alkyl halides is 3. The van der Waals surface area contributed by atoms with Crippen molar-refractivity contribution in [2.75, 3.05) is 51.8 Å². The summed E-state index contributed by atoms with van der Waals surface area (Å²) < 4.78 is 46.2. The summed E-state index contributed by atoms with van der Waals surface area (Å²) in [7, 11) is 3.49. The number of nitrogens with zero attached hydrogens (tertiary/aromatic N) is 3. The highest BCUT2D eigenvalue weighted by Gasteiger charge is 2.34. The summed E-state index contributed by atoms with van der Waals surface area (Å²) in [6.45, 7) is 6.73. The average molecular weight is 398 g/mol. The number of aliphatic imine (C=N–C) groups is 1. The van der Waals surface area contributed by atoms with Crippen molar-refractivity contribution in [1.29, 1.82) is 0 Å². The topological polar surface area (TPSA) is 40.1 Å². The van der Waals surface area contributed by atoms with Crippen LogP contribution in [0.2, 0.25) is 0 Å². The minimum atomic E-state index is -4.42. The lowest BCUT2D eigenvalue weighted by Crippen LogP contribution is -2.39. The third-order valence-corrected chi connectivity index (χ3v) is 4.69. The lowest BCUT2D eigenvalue weighted by Gasteiger charge is -2.30. The van der Waals surface area contributed by atoms with Crippen LogP contribution >= 0.6 is 0 Å². The molecule has 0 unspecified atom stereocenters. The Balaban J connectivity index is 2.12. The minimum Gasteiger partial charge on any atom is -0.378 e. The lowest BCUT2D eigenvalue weighted by atomic mass is 10.0. The molecule has 1 saturated heterocycles. The number of hydrogen-bond donors (Lipinski definition) is 1. The van der Waals surface area contributed by atoms with Crippen LogP contribution in [-0.4, -0.2) is 57.8 Å². The van der Waals surface area contributed by atoms with E-state index in [0.717, 1.165) is 19.4 Å². The van der Waals surface area contributed by atoms with Crippen molar-refractivity contribution in [3.05, 3.63) is 42.0 Å². The first-order valence-corrected chi connectivity index (χ1v) is 9.42. The predicted molar refractivity (Wildman–Crippen MR) is 107 cm³/mol. The van der Waals surface area contributed by atoms with Crippen LogP contribution < -0.4 is 10.2 Å². The minimum absolute atomic E-state index is 0.0523. The van der Waals surface area contributed by atoms with Gasteiger partial charge in [-0.05, 0) is 30.5 Å². The SMILES string of the molecule is C=CCCCN(C)C(=NC)NCc1ccc(N2CCOCC2)cc1C(F)(F)F. The molecule has 0 atom stereocenters. The fraction of sp³-hybridized carbons (Fsp3) is 0.550. The van der Waals surface area contributed by atoms with Crippen LogP contribution in [0, 0.1) is 0 Å². The molecule has 156 valence electrons. The zero-order valence-corrected chi connectivity index (χ0v) is 16.6. The molecule has 1 heterocycles. The summed E-state index contributed by atoms with van der Waals surface area (Å²) in [4.78, 5) is 7.99. The van der Waals surface area contributed by atoms with Gasteiger partial charge in [0, 0.05) is 46.0 Å². The highest BCUT2D eigenvalue weighted by atomic mass is 19.4. The van der Waals surface area contributed by atoms with E-state index in [2.05, 4.69) is 16.9 Å². The molecular weight excluding hydrogens is 369 g/mol. The number of guanidine groups is 1. The van der Waals surface area contributed by atoms with Gasteiger partial charge in [-0.25, -0.2) is 0 Å². The molecular formula is C20H29F3N4O. The Labute approximate surface area is 164 Å². The maximum atomic E-state index is 13.6. The normalized spacial score (nSPS) is 15.5. The molecule has 1 aromatic carbocycles. The van der Waals surface area contributed by atoms with Gasteiger partial charge in [0.2, 0.25) is 0 Å². The fourth-order valence-corrected chi connectivity index (χ4v) is 3.14. The quantitative estimate of drug-likeness (QED) is 0.330. The van der Waals surface area contributed by atoms with Crippen molar-refractivity contribution in [2.45, 2.75) is 25.6 Å². The van der Waals surface area contributed by atoms with Crippen molar-refractivity contribution in [3.8, 4) is 0 Å². The van der Waals surface area contributed by atoms with E-state index in [1.807, 2.05) is 22.9 Å². The van der Waals surface area contributed by atoms with E-state index >= 15 is 0 Å². The van der Waals surface area contributed by atoms with Crippen LogP contribution in [-0.2, 0) is 17.5 Å². The number of morpholine rings is 1. The van der Waals surface area contributed by atoms with E-state index < -0.39 is 11.7 Å². The van der Waals surface area contributed by atoms with Gasteiger partial charge >= 0.3 is 6.18 Å². The standard InChI is InChI=1S/C20H29F3N4O/c1-4-5-6-9-26(3)19(24-2)25-15-16-7-8-17(14-18(16)20(21,22)23)27-10-12-28-13-11-27/h4,7-8,14H,1,5-6,9-13,15H2,2-3H3,(H,24,25). The van der Waals surface area contributed by atoms with Gasteiger partial charge in [0.05, 0.1) is 18.8 Å². The molecule has 2 rings (SSSR count). The maximum Gasteiger partial charge on any atom is 0.416 e. The number of benzene rings is 1. The fourth-order valence-electron chi connectivity index (χ4n) is 3.14. The van der Waals surface area contributed by atoms with E-state index in [4.69, 9.17) is 4.74 Å². The van der Waals surface area contributed by atoms with E-state index in [-0.39, 0.29) is 12.1 Å². The Morgan fingerprint density at radius 1 is 1.36 bits per heavy atom. The molecule has 8 heteroatoms. The molecule has 1 N–H and O–H groups in total. The highest BCUT2D eigenvalue weighted by Crippen LogP contribution is 2.35. The molecule has 0 amide bonds. The van der Waals surface area contributed by atoms with Crippen LogP contribution in [0.25, 0.3) is 0 Å². The molecule has 1 aliphatic rings. The maximum absolute atomic E-state index is 13.6. The molecule has 0 saturated carbocycles. The van der Waals surface area contributed by atoms with Gasteiger partial charge in [0.1, 0.15) is 0 Å². The van der Waals surface area contributed by atoms with E-state index in [1.165, 1.54) is 6.07 Å². The highest BCUT2D eigenvalue weighted by molar-refractivity contribution is 5.79. The Morgan fingerprint density at radius 2 is 2.07 bits per heavy atom. The van der Waals surface area contributed by atoms with Crippen LogP contribution in [0.1, 0.15) is 24.0 Å². The molecule has 28 heavy (non-hydrogen) atoms. The smallest absolute Gasteiger partial charge is 0.378 e. The number of nitrogens with one attached hydrogen (secondary N) is 1. The number of ether oxygens (including phenoxy) is 1. The summed E-state index contributed by atoms with van der Waals surface area (Å²) in [5.41, 5.74) is 0.157. The zero-order valence-electron chi connectivity index (χ0n) is 16.6. The van der Waals surface area contributed by atoms with Crippen molar-refractivity contribution >= 4 is 11.6 Å². The van der Waals surface area contributed by atoms with Gasteiger partial charge in [-0.3, -0.25) is 4.99 Å². The number of unbranched alkanes of at least 4 members (excludes halogenated alkanes) is 1. The summed E-state index contributed by atoms with van der Waals surface area (Å²) in [5.74, 6) is 0.564. The number of rotatable bonds is 7. The van der Waals surface area contributed by atoms with E-state index in [1.54, 1.807) is 19.2 Å². The van der Waals surface area contributed by atoms with Gasteiger partial charge in [-0.2, -0.15) is 13.2 Å². The first-order chi connectivity index (χ1) is 13.4. The number of halogens is 3. The van der Waals surface area contributed by atoms with Crippen LogP contribution in [0.3, 0.4) is 0 Å². The largest absolute Gasteiger partial charge is 0.416 e. The van der Waals surface area contributed by atoms with Gasteiger partial charge < -0.3 is 19.9 Å². The van der Waals surface area contributed by atoms with E-state index in [9.17, 15) is 13.2 Å². The van der Waals surface area contributed by atoms with Gasteiger partial charge in [0.15, 0.2) is 5.96 Å². The van der Waals surface area contributed by atoms with Gasteiger partial charge in [-0.15, -0.1) is 6.58 Å². The summed E-state index contributed by atoms with van der Waals surface area (Å²) in [6, 6.07) is 4.53. The molecule has 0 bridgehead atoms. The molecule has 5 nitrogen and oxygen atoms in total. The second kappa shape index (κ2) is 10.4. The zero-order chi connectivity index (χ0) is 20.6. The third kappa shape index (κ3) is 6.15. The van der Waals surface area contributed by atoms with Crippen LogP contribution in [0.15, 0.2) is 35.8 Å². The number of anilines is 1. The van der Waals surface area contributed by atoms with Crippen LogP contribution in [0.4, 0.5) is 18.9 Å². The Hall–Kier alpha value is -2.22. The predicted octanol–water partition coefficient (Wildman–Crippen LogP) is 3.52. The van der Waals surface area contributed by atoms with Crippen LogP contribution in [0.5, 0.6) is 0 Å². The summed E-state index contributed by atoms with van der Waals surface area (Å²) in [5, 5.41) is 3.04. The Morgan fingerprint density at radius 3 is 2.68 bits per heavy atom. The molecule has 0 aromatic heterocycles. The Kier molecular flexibility index (Phi) is 8.17. The molecule has 1 aromatic rings. The monoisotopic (exact) mass is 398 g/mol. The van der Waals surface area contributed by atoms with Crippen molar-refractivity contribution in [3.63, 3.8) is 0 Å². The molecule has 0 aliphatic carbocycles. The first kappa shape index (κ1) is 22.1.